The minimum atomic E-state index is -0.799. The van der Waals surface area contributed by atoms with Crippen molar-refractivity contribution in [3.63, 3.8) is 0 Å². The van der Waals surface area contributed by atoms with Gasteiger partial charge in [0.2, 0.25) is 5.91 Å². The van der Waals surface area contributed by atoms with Gasteiger partial charge in [-0.3, -0.25) is 9.59 Å². The number of nitrogens with two attached hydrogens (primary N) is 1. The van der Waals surface area contributed by atoms with E-state index in [2.05, 4.69) is 24.1 Å². The maximum atomic E-state index is 13.9. The van der Waals surface area contributed by atoms with Crippen molar-refractivity contribution in [3.8, 4) is 0 Å². The number of rotatable bonds is 9. The SMILES string of the molecule is CC(=O)[C@H]1CC[C@H]2[C@@H]3CC[C@H]4C[C@H](OC(=O)[C@H](Cc5c[nH]c6ccccc56)NC(=O)[C@@H](N)CC(C)C)CC[C@]4(C)[C@H]3CC[C@]12C. The van der Waals surface area contributed by atoms with E-state index >= 15 is 0 Å². The van der Waals surface area contributed by atoms with Crippen molar-refractivity contribution in [1.82, 2.24) is 10.3 Å². The van der Waals surface area contributed by atoms with Crippen LogP contribution in [0.25, 0.3) is 10.9 Å². The predicted octanol–water partition coefficient (Wildman–Crippen LogP) is 6.73. The lowest BCUT2D eigenvalue weighted by Crippen LogP contribution is -2.55. The van der Waals surface area contributed by atoms with Gasteiger partial charge in [0.25, 0.3) is 0 Å². The van der Waals surface area contributed by atoms with Gasteiger partial charge in [0, 0.05) is 29.4 Å². The highest BCUT2D eigenvalue weighted by Crippen LogP contribution is 2.67. The van der Waals surface area contributed by atoms with Crippen molar-refractivity contribution in [2.75, 3.05) is 0 Å². The Hall–Kier alpha value is -2.67. The van der Waals surface area contributed by atoms with E-state index in [0.29, 0.717) is 42.3 Å². The molecule has 0 spiro atoms. The topological polar surface area (TPSA) is 114 Å². The number of carbonyl (C=O) groups is 3. The zero-order valence-electron chi connectivity index (χ0n) is 28.1. The average Bonchev–Trinajstić information content (AvgIpc) is 3.57. The molecule has 6 rings (SSSR count). The van der Waals surface area contributed by atoms with E-state index < -0.39 is 12.1 Å². The fourth-order valence-electron chi connectivity index (χ4n) is 10.8. The molecule has 0 unspecified atom stereocenters. The Bertz CT molecular complexity index is 1420. The molecule has 4 N–H and O–H groups in total. The predicted molar refractivity (Wildman–Crippen MR) is 177 cm³/mol. The number of carbonyl (C=O) groups excluding carboxylic acids is 3. The second-order valence-corrected chi connectivity index (χ2v) is 16.1. The molecule has 45 heavy (non-hydrogen) atoms. The van der Waals surface area contributed by atoms with Gasteiger partial charge in [-0.25, -0.2) is 4.79 Å². The molecule has 0 bridgehead atoms. The van der Waals surface area contributed by atoms with E-state index in [1.807, 2.05) is 51.2 Å². The first-order chi connectivity index (χ1) is 21.4. The van der Waals surface area contributed by atoms with Crippen LogP contribution in [-0.4, -0.2) is 40.8 Å². The molecular formula is C38H55N3O4. The second-order valence-electron chi connectivity index (χ2n) is 16.1. The van der Waals surface area contributed by atoms with Gasteiger partial charge in [-0.15, -0.1) is 0 Å². The number of ketones is 1. The number of aromatic nitrogens is 1. The third-order valence-electron chi connectivity index (χ3n) is 13.2. The van der Waals surface area contributed by atoms with Crippen LogP contribution < -0.4 is 11.1 Å². The van der Waals surface area contributed by atoms with Gasteiger partial charge in [-0.1, -0.05) is 45.9 Å². The van der Waals surface area contributed by atoms with Crippen LogP contribution in [0.3, 0.4) is 0 Å². The van der Waals surface area contributed by atoms with Crippen molar-refractivity contribution >= 4 is 28.6 Å². The van der Waals surface area contributed by atoms with Gasteiger partial charge in [0.15, 0.2) is 0 Å². The molecule has 4 saturated carbocycles. The molecular weight excluding hydrogens is 562 g/mol. The largest absolute Gasteiger partial charge is 0.461 e. The number of aromatic amines is 1. The quantitative estimate of drug-likeness (QED) is 0.270. The van der Waals surface area contributed by atoms with Gasteiger partial charge >= 0.3 is 5.97 Å². The molecule has 1 aromatic carbocycles. The second kappa shape index (κ2) is 12.5. The van der Waals surface area contributed by atoms with Gasteiger partial charge in [-0.05, 0) is 123 Å². The maximum absolute atomic E-state index is 13.9. The highest BCUT2D eigenvalue weighted by atomic mass is 16.5. The summed E-state index contributed by atoms with van der Waals surface area (Å²) in [6.07, 6.45) is 12.6. The molecule has 7 nitrogen and oxygen atoms in total. The van der Waals surface area contributed by atoms with E-state index in [0.717, 1.165) is 48.6 Å². The first-order valence-electron chi connectivity index (χ1n) is 17.7. The Balaban J connectivity index is 1.14. The smallest absolute Gasteiger partial charge is 0.329 e. The molecule has 4 aliphatic carbocycles. The van der Waals surface area contributed by atoms with Gasteiger partial charge in [-0.2, -0.15) is 0 Å². The number of para-hydroxylation sites is 1. The summed E-state index contributed by atoms with van der Waals surface area (Å²) in [7, 11) is 0. The zero-order chi connectivity index (χ0) is 32.1. The first kappa shape index (κ1) is 32.3. The number of hydrogen-bond donors (Lipinski definition) is 3. The van der Waals surface area contributed by atoms with Crippen molar-refractivity contribution in [2.45, 2.75) is 123 Å². The summed E-state index contributed by atoms with van der Waals surface area (Å²) >= 11 is 0. The van der Waals surface area contributed by atoms with Crippen LogP contribution >= 0.6 is 0 Å². The maximum Gasteiger partial charge on any atom is 0.329 e. The Kier molecular flexibility index (Phi) is 8.97. The van der Waals surface area contributed by atoms with E-state index in [-0.39, 0.29) is 40.6 Å². The highest BCUT2D eigenvalue weighted by Gasteiger charge is 2.61. The van der Waals surface area contributed by atoms with Crippen molar-refractivity contribution in [3.05, 3.63) is 36.0 Å². The number of H-pyrrole nitrogens is 1. The molecule has 1 aromatic heterocycles. The van der Waals surface area contributed by atoms with E-state index in [9.17, 15) is 14.4 Å². The zero-order valence-corrected chi connectivity index (χ0v) is 28.1. The van der Waals surface area contributed by atoms with Gasteiger partial charge in [0.1, 0.15) is 17.9 Å². The summed E-state index contributed by atoms with van der Waals surface area (Å²) in [5, 5.41) is 4.02. The summed E-state index contributed by atoms with van der Waals surface area (Å²) in [5.41, 5.74) is 8.63. The Morgan fingerprint density at radius 2 is 1.73 bits per heavy atom. The monoisotopic (exact) mass is 617 g/mol. The summed E-state index contributed by atoms with van der Waals surface area (Å²) in [6, 6.07) is 6.54. The normalized spacial score (nSPS) is 35.6. The Morgan fingerprint density at radius 1 is 1.00 bits per heavy atom. The summed E-state index contributed by atoms with van der Waals surface area (Å²) < 4.78 is 6.29. The molecule has 0 aliphatic heterocycles. The van der Waals surface area contributed by atoms with Crippen LogP contribution in [0.1, 0.15) is 104 Å². The number of fused-ring (bicyclic) bond motifs is 6. The van der Waals surface area contributed by atoms with E-state index in [1.54, 1.807) is 0 Å². The van der Waals surface area contributed by atoms with E-state index in [1.165, 1.54) is 25.7 Å². The molecule has 1 amide bonds. The number of hydrogen-bond acceptors (Lipinski definition) is 5. The van der Waals surface area contributed by atoms with Crippen LogP contribution in [0.2, 0.25) is 0 Å². The van der Waals surface area contributed by atoms with Crippen LogP contribution in [0.5, 0.6) is 0 Å². The minimum absolute atomic E-state index is 0.138. The molecule has 4 fully saturated rings. The van der Waals surface area contributed by atoms with Crippen molar-refractivity contribution in [1.29, 1.82) is 0 Å². The molecule has 2 aromatic rings. The summed E-state index contributed by atoms with van der Waals surface area (Å²) in [5.74, 6) is 2.83. The lowest BCUT2D eigenvalue weighted by molar-refractivity contribution is -0.165. The number of nitrogens with one attached hydrogen (secondary N) is 2. The Morgan fingerprint density at radius 3 is 2.49 bits per heavy atom. The first-order valence-corrected chi connectivity index (χ1v) is 17.7. The van der Waals surface area contributed by atoms with Crippen molar-refractivity contribution < 1.29 is 19.1 Å². The molecule has 0 saturated heterocycles. The number of Topliss-reactive ketones (excluding diaryl/α,β-unsaturated/α-hetero) is 1. The summed E-state index contributed by atoms with van der Waals surface area (Å²) in [4.78, 5) is 42.8. The number of esters is 1. The fraction of sp³-hybridized carbons (Fsp3) is 0.711. The van der Waals surface area contributed by atoms with Gasteiger partial charge in [0.05, 0.1) is 6.04 Å². The van der Waals surface area contributed by atoms with Crippen LogP contribution in [-0.2, 0) is 25.5 Å². The molecule has 7 heteroatoms. The van der Waals surface area contributed by atoms with Crippen molar-refractivity contribution in [2.24, 2.45) is 52.1 Å². The molecule has 1 heterocycles. The van der Waals surface area contributed by atoms with Crippen LogP contribution in [0, 0.1) is 46.3 Å². The third-order valence-corrected chi connectivity index (χ3v) is 13.2. The fourth-order valence-corrected chi connectivity index (χ4v) is 10.8. The van der Waals surface area contributed by atoms with Gasteiger partial charge < -0.3 is 20.8 Å². The number of amides is 1. The van der Waals surface area contributed by atoms with Crippen LogP contribution in [0.4, 0.5) is 0 Å². The average molecular weight is 618 g/mol. The van der Waals surface area contributed by atoms with Crippen LogP contribution in [0.15, 0.2) is 30.5 Å². The number of ether oxygens (including phenoxy) is 1. The summed E-state index contributed by atoms with van der Waals surface area (Å²) in [6.45, 7) is 10.8. The number of benzene rings is 1. The lowest BCUT2D eigenvalue weighted by Gasteiger charge is -2.61. The standard InChI is InChI=1S/C38H55N3O4/c1-22(2)18-32(39)35(43)41-34(19-24-21-40-33-9-7-6-8-27(24)33)36(44)45-26-14-16-37(4)25(20-26)10-11-28-30-13-12-29(23(3)42)38(30,5)17-15-31(28)37/h6-9,21-22,25-26,28-32,34,40H,10-20,39H2,1-5H3,(H,41,43)/t25-,26+,28-,29+,30-,31-,32-,34-,37-,38+/m0/s1. The molecule has 10 atom stereocenters. The Labute approximate surface area is 269 Å². The lowest BCUT2D eigenvalue weighted by atomic mass is 9.44. The molecule has 4 aliphatic rings. The highest BCUT2D eigenvalue weighted by molar-refractivity contribution is 5.89. The molecule has 246 valence electrons. The minimum Gasteiger partial charge on any atom is -0.461 e. The van der Waals surface area contributed by atoms with E-state index in [4.69, 9.17) is 10.5 Å². The third kappa shape index (κ3) is 5.99. The molecule has 0 radical (unpaired) electrons.